The van der Waals surface area contributed by atoms with Crippen LogP contribution in [0.5, 0.6) is 0 Å². The molecule has 1 aromatic rings. The van der Waals surface area contributed by atoms with Crippen molar-refractivity contribution in [2.75, 3.05) is 38.2 Å². The number of likely N-dealkylation sites (tertiary alicyclic amines) is 1. The van der Waals surface area contributed by atoms with Crippen LogP contribution >= 0.6 is 0 Å². The Morgan fingerprint density at radius 3 is 2.70 bits per heavy atom. The summed E-state index contributed by atoms with van der Waals surface area (Å²) >= 11 is 0. The number of rotatable bonds is 3. The van der Waals surface area contributed by atoms with E-state index in [9.17, 15) is 9.90 Å². The van der Waals surface area contributed by atoms with Crippen molar-refractivity contribution in [3.8, 4) is 0 Å². The van der Waals surface area contributed by atoms with Crippen molar-refractivity contribution in [3.05, 3.63) is 30.3 Å². The van der Waals surface area contributed by atoms with Gasteiger partial charge < -0.3 is 19.6 Å². The van der Waals surface area contributed by atoms with E-state index >= 15 is 0 Å². The minimum absolute atomic E-state index is 0.136. The second-order valence-electron chi connectivity index (χ2n) is 6.64. The largest absolute Gasteiger partial charge is 0.390 e. The molecule has 1 aromatic carbocycles. The molecule has 0 aliphatic carbocycles. The van der Waals surface area contributed by atoms with Crippen molar-refractivity contribution in [1.82, 2.24) is 4.90 Å². The van der Waals surface area contributed by atoms with Crippen LogP contribution in [0.25, 0.3) is 0 Å². The van der Waals surface area contributed by atoms with Gasteiger partial charge in [0, 0.05) is 32.4 Å². The fraction of sp³-hybridized carbons (Fsp3) is 0.611. The standard InChI is InChI=1S/C18H26N2O3/c1-19(15-6-3-2-4-7-15)14-17(22)20-11-9-18(10-12-20)16(21)8-5-13-23-18/h2-4,6-7,16,21H,5,8-14H2,1H3/t16-/m1/s1. The minimum Gasteiger partial charge on any atom is -0.390 e. The van der Waals surface area contributed by atoms with E-state index in [4.69, 9.17) is 4.74 Å². The number of piperidine rings is 1. The van der Waals surface area contributed by atoms with E-state index in [-0.39, 0.29) is 12.0 Å². The van der Waals surface area contributed by atoms with Gasteiger partial charge in [-0.05, 0) is 37.8 Å². The summed E-state index contributed by atoms with van der Waals surface area (Å²) in [4.78, 5) is 16.4. The van der Waals surface area contributed by atoms with Gasteiger partial charge in [-0.2, -0.15) is 0 Å². The van der Waals surface area contributed by atoms with Gasteiger partial charge in [-0.25, -0.2) is 0 Å². The number of anilines is 1. The van der Waals surface area contributed by atoms with Crippen LogP contribution in [0.3, 0.4) is 0 Å². The van der Waals surface area contributed by atoms with Crippen molar-refractivity contribution >= 4 is 11.6 Å². The first-order valence-corrected chi connectivity index (χ1v) is 8.47. The second kappa shape index (κ2) is 6.89. The Balaban J connectivity index is 1.54. The Hall–Kier alpha value is -1.59. The molecular formula is C18H26N2O3. The minimum atomic E-state index is -0.416. The molecule has 0 unspecified atom stereocenters. The lowest BCUT2D eigenvalue weighted by molar-refractivity contribution is -0.179. The van der Waals surface area contributed by atoms with Crippen molar-refractivity contribution in [2.45, 2.75) is 37.4 Å². The van der Waals surface area contributed by atoms with Gasteiger partial charge in [-0.3, -0.25) is 4.79 Å². The monoisotopic (exact) mass is 318 g/mol. The number of aliphatic hydroxyl groups excluding tert-OH is 1. The SMILES string of the molecule is CN(CC(=O)N1CCC2(CC1)OCCC[C@H]2O)c1ccccc1. The lowest BCUT2D eigenvalue weighted by Crippen LogP contribution is -2.56. The third-order valence-corrected chi connectivity index (χ3v) is 5.15. The maximum atomic E-state index is 12.5. The Kier molecular flexibility index (Phi) is 4.87. The zero-order valence-corrected chi connectivity index (χ0v) is 13.8. The summed E-state index contributed by atoms with van der Waals surface area (Å²) in [5, 5.41) is 10.3. The highest BCUT2D eigenvalue weighted by Crippen LogP contribution is 2.35. The van der Waals surface area contributed by atoms with E-state index in [1.54, 1.807) is 0 Å². The molecule has 0 saturated carbocycles. The van der Waals surface area contributed by atoms with Gasteiger partial charge in [0.1, 0.15) is 0 Å². The summed E-state index contributed by atoms with van der Waals surface area (Å²) in [5.41, 5.74) is 0.626. The summed E-state index contributed by atoms with van der Waals surface area (Å²) < 4.78 is 5.90. The highest BCUT2D eigenvalue weighted by molar-refractivity contribution is 5.81. The molecule has 1 atom stereocenters. The van der Waals surface area contributed by atoms with E-state index in [1.807, 2.05) is 47.2 Å². The van der Waals surface area contributed by atoms with Crippen LogP contribution in [0.4, 0.5) is 5.69 Å². The summed E-state index contributed by atoms with van der Waals surface area (Å²) in [6.07, 6.45) is 2.81. The fourth-order valence-corrected chi connectivity index (χ4v) is 3.60. The Morgan fingerprint density at radius 1 is 1.35 bits per heavy atom. The van der Waals surface area contributed by atoms with Gasteiger partial charge in [-0.1, -0.05) is 18.2 Å². The van der Waals surface area contributed by atoms with E-state index < -0.39 is 5.60 Å². The number of carbonyl (C=O) groups is 1. The zero-order chi connectivity index (χ0) is 16.3. The number of hydrogen-bond donors (Lipinski definition) is 1. The van der Waals surface area contributed by atoms with Crippen molar-refractivity contribution in [2.24, 2.45) is 0 Å². The Morgan fingerprint density at radius 2 is 2.04 bits per heavy atom. The van der Waals surface area contributed by atoms with Crippen molar-refractivity contribution in [3.63, 3.8) is 0 Å². The highest BCUT2D eigenvalue weighted by Gasteiger charge is 2.44. The molecule has 0 radical (unpaired) electrons. The molecule has 5 nitrogen and oxygen atoms in total. The van der Waals surface area contributed by atoms with Crippen LogP contribution in [0, 0.1) is 0 Å². The van der Waals surface area contributed by atoms with Gasteiger partial charge in [0.05, 0.1) is 18.2 Å². The van der Waals surface area contributed by atoms with Gasteiger partial charge in [0.15, 0.2) is 0 Å². The number of ether oxygens (including phenoxy) is 1. The number of amides is 1. The Labute approximate surface area is 137 Å². The van der Waals surface area contributed by atoms with E-state index in [0.717, 1.165) is 38.0 Å². The number of carbonyl (C=O) groups excluding carboxylic acids is 1. The average molecular weight is 318 g/mol. The molecule has 3 rings (SSSR count). The fourth-order valence-electron chi connectivity index (χ4n) is 3.60. The topological polar surface area (TPSA) is 53.0 Å². The normalized spacial score (nSPS) is 23.7. The van der Waals surface area contributed by atoms with Crippen LogP contribution in [-0.4, -0.2) is 60.9 Å². The number of likely N-dealkylation sites (N-methyl/N-ethyl adjacent to an activating group) is 1. The lowest BCUT2D eigenvalue weighted by Gasteiger charge is -2.46. The first-order chi connectivity index (χ1) is 11.1. The maximum Gasteiger partial charge on any atom is 0.242 e. The van der Waals surface area contributed by atoms with Gasteiger partial charge >= 0.3 is 0 Å². The summed E-state index contributed by atoms with van der Waals surface area (Å²) in [5.74, 6) is 0.136. The molecule has 1 amide bonds. The van der Waals surface area contributed by atoms with Crippen LogP contribution in [-0.2, 0) is 9.53 Å². The smallest absolute Gasteiger partial charge is 0.242 e. The first kappa shape index (κ1) is 16.3. The first-order valence-electron chi connectivity index (χ1n) is 8.47. The molecule has 2 aliphatic rings. The molecular weight excluding hydrogens is 292 g/mol. The molecule has 2 aliphatic heterocycles. The third-order valence-electron chi connectivity index (χ3n) is 5.15. The average Bonchev–Trinajstić information content (AvgIpc) is 2.59. The molecule has 126 valence electrons. The zero-order valence-electron chi connectivity index (χ0n) is 13.8. The van der Waals surface area contributed by atoms with Crippen molar-refractivity contribution < 1.29 is 14.6 Å². The molecule has 5 heteroatoms. The predicted molar refractivity (Wildman–Crippen MR) is 89.4 cm³/mol. The molecule has 0 aromatic heterocycles. The lowest BCUT2D eigenvalue weighted by atomic mass is 9.82. The molecule has 1 spiro atoms. The second-order valence-corrected chi connectivity index (χ2v) is 6.64. The Bertz CT molecular complexity index is 526. The number of nitrogens with zero attached hydrogens (tertiary/aromatic N) is 2. The number of hydrogen-bond acceptors (Lipinski definition) is 4. The van der Waals surface area contributed by atoms with Gasteiger partial charge in [0.2, 0.25) is 5.91 Å². The highest BCUT2D eigenvalue weighted by atomic mass is 16.5. The summed E-state index contributed by atoms with van der Waals surface area (Å²) in [6.45, 7) is 2.43. The molecule has 2 fully saturated rings. The molecule has 2 heterocycles. The van der Waals surface area contributed by atoms with E-state index in [1.165, 1.54) is 0 Å². The predicted octanol–water partition coefficient (Wildman–Crippen LogP) is 1.66. The van der Waals surface area contributed by atoms with E-state index in [2.05, 4.69) is 0 Å². The molecule has 2 saturated heterocycles. The van der Waals surface area contributed by atoms with E-state index in [0.29, 0.717) is 19.6 Å². The quantitative estimate of drug-likeness (QED) is 0.921. The number of para-hydroxylation sites is 1. The van der Waals surface area contributed by atoms with Crippen LogP contribution in [0.15, 0.2) is 30.3 Å². The molecule has 23 heavy (non-hydrogen) atoms. The third kappa shape index (κ3) is 3.51. The molecule has 0 bridgehead atoms. The summed E-state index contributed by atoms with van der Waals surface area (Å²) in [7, 11) is 1.94. The van der Waals surface area contributed by atoms with Gasteiger partial charge in [-0.15, -0.1) is 0 Å². The maximum absolute atomic E-state index is 12.5. The van der Waals surface area contributed by atoms with Crippen molar-refractivity contribution in [1.29, 1.82) is 0 Å². The number of benzene rings is 1. The molecule has 1 N–H and O–H groups in total. The number of aliphatic hydroxyl groups is 1. The van der Waals surface area contributed by atoms with Crippen LogP contribution in [0.1, 0.15) is 25.7 Å². The van der Waals surface area contributed by atoms with Crippen LogP contribution < -0.4 is 4.90 Å². The van der Waals surface area contributed by atoms with Crippen LogP contribution in [0.2, 0.25) is 0 Å². The summed E-state index contributed by atoms with van der Waals surface area (Å²) in [6, 6.07) is 9.93. The van der Waals surface area contributed by atoms with Gasteiger partial charge in [0.25, 0.3) is 0 Å².